The van der Waals surface area contributed by atoms with Crippen LogP contribution in [0.15, 0.2) is 54.6 Å². The molecule has 0 saturated heterocycles. The lowest BCUT2D eigenvalue weighted by molar-refractivity contribution is 0.269. The normalized spacial score (nSPS) is 10.7. The Hall–Kier alpha value is -1.78. The summed E-state index contributed by atoms with van der Waals surface area (Å²) >= 11 is 24.7. The summed E-state index contributed by atoms with van der Waals surface area (Å²) in [6.07, 6.45) is 0. The smallest absolute Gasteiger partial charge is 0.163 e. The zero-order valence-electron chi connectivity index (χ0n) is 15.6. The number of hydrogen-bond acceptors (Lipinski definition) is 3. The quantitative estimate of drug-likeness (QED) is 0.363. The molecule has 1 N–H and O–H groups in total. The molecule has 0 aliphatic rings. The van der Waals surface area contributed by atoms with Gasteiger partial charge in [-0.2, -0.15) is 0 Å². The van der Waals surface area contributed by atoms with E-state index in [1.165, 1.54) is 0 Å². The molecule has 0 fully saturated rings. The SMILES string of the molecule is CCOc1cc(CNc2cc(Cl)ccc2Cl)c(Cl)cc1OCc1ccc(Cl)cc1. The second-order valence-electron chi connectivity index (χ2n) is 6.22. The van der Waals surface area contributed by atoms with Gasteiger partial charge >= 0.3 is 0 Å². The highest BCUT2D eigenvalue weighted by atomic mass is 35.5. The van der Waals surface area contributed by atoms with E-state index in [9.17, 15) is 0 Å². The summed E-state index contributed by atoms with van der Waals surface area (Å²) in [5.41, 5.74) is 2.58. The molecular formula is C22H19Cl4NO2. The maximum absolute atomic E-state index is 6.49. The molecule has 0 atom stereocenters. The van der Waals surface area contributed by atoms with Crippen molar-refractivity contribution < 1.29 is 9.47 Å². The number of rotatable bonds is 8. The summed E-state index contributed by atoms with van der Waals surface area (Å²) < 4.78 is 11.7. The van der Waals surface area contributed by atoms with Crippen molar-refractivity contribution in [1.82, 2.24) is 0 Å². The van der Waals surface area contributed by atoms with Crippen molar-refractivity contribution in [2.45, 2.75) is 20.1 Å². The Labute approximate surface area is 190 Å². The van der Waals surface area contributed by atoms with Crippen molar-refractivity contribution in [2.24, 2.45) is 0 Å². The van der Waals surface area contributed by atoms with Gasteiger partial charge in [-0.05, 0) is 54.4 Å². The molecule has 0 unspecified atom stereocenters. The molecule has 0 radical (unpaired) electrons. The predicted molar refractivity (Wildman–Crippen MR) is 122 cm³/mol. The van der Waals surface area contributed by atoms with Crippen LogP contribution >= 0.6 is 46.4 Å². The molecule has 0 heterocycles. The summed E-state index contributed by atoms with van der Waals surface area (Å²) in [6, 6.07) is 16.4. The average molecular weight is 471 g/mol. The van der Waals surface area contributed by atoms with E-state index in [-0.39, 0.29) is 0 Å². The summed E-state index contributed by atoms with van der Waals surface area (Å²) in [4.78, 5) is 0. The monoisotopic (exact) mass is 469 g/mol. The van der Waals surface area contributed by atoms with E-state index in [4.69, 9.17) is 55.9 Å². The molecule has 3 nitrogen and oxygen atoms in total. The highest BCUT2D eigenvalue weighted by molar-refractivity contribution is 6.35. The third-order valence-corrected chi connectivity index (χ3v) is 5.29. The van der Waals surface area contributed by atoms with Gasteiger partial charge in [0.05, 0.1) is 17.3 Å². The van der Waals surface area contributed by atoms with Crippen LogP contribution in [-0.2, 0) is 13.2 Å². The van der Waals surface area contributed by atoms with Gasteiger partial charge in [0.25, 0.3) is 0 Å². The van der Waals surface area contributed by atoms with Gasteiger partial charge in [-0.3, -0.25) is 0 Å². The fourth-order valence-electron chi connectivity index (χ4n) is 2.66. The van der Waals surface area contributed by atoms with Crippen LogP contribution < -0.4 is 14.8 Å². The molecule has 152 valence electrons. The molecule has 3 aromatic rings. The van der Waals surface area contributed by atoms with Crippen molar-refractivity contribution in [1.29, 1.82) is 0 Å². The van der Waals surface area contributed by atoms with Gasteiger partial charge in [0, 0.05) is 27.7 Å². The van der Waals surface area contributed by atoms with Crippen molar-refractivity contribution >= 4 is 52.1 Å². The molecular weight excluding hydrogens is 452 g/mol. The first-order valence-electron chi connectivity index (χ1n) is 8.97. The minimum absolute atomic E-state index is 0.378. The van der Waals surface area contributed by atoms with Crippen molar-refractivity contribution in [3.63, 3.8) is 0 Å². The van der Waals surface area contributed by atoms with Crippen LogP contribution in [0.3, 0.4) is 0 Å². The molecule has 3 aromatic carbocycles. The minimum Gasteiger partial charge on any atom is -0.490 e. The topological polar surface area (TPSA) is 30.5 Å². The summed E-state index contributed by atoms with van der Waals surface area (Å²) in [5, 5.41) is 5.68. The van der Waals surface area contributed by atoms with Gasteiger partial charge in [-0.25, -0.2) is 0 Å². The van der Waals surface area contributed by atoms with Gasteiger partial charge in [-0.15, -0.1) is 0 Å². The number of ether oxygens (including phenoxy) is 2. The van der Waals surface area contributed by atoms with E-state index >= 15 is 0 Å². The number of benzene rings is 3. The molecule has 0 spiro atoms. The van der Waals surface area contributed by atoms with E-state index in [1.807, 2.05) is 37.3 Å². The van der Waals surface area contributed by atoms with Gasteiger partial charge < -0.3 is 14.8 Å². The number of anilines is 1. The van der Waals surface area contributed by atoms with Crippen LogP contribution in [0, 0.1) is 0 Å². The van der Waals surface area contributed by atoms with Crippen molar-refractivity contribution in [3.05, 3.63) is 85.8 Å². The lowest BCUT2D eigenvalue weighted by Gasteiger charge is -2.16. The van der Waals surface area contributed by atoms with E-state index in [2.05, 4.69) is 5.32 Å². The molecule has 0 saturated carbocycles. The number of nitrogens with one attached hydrogen (secondary N) is 1. The Balaban J connectivity index is 1.76. The first-order chi connectivity index (χ1) is 14.0. The lowest BCUT2D eigenvalue weighted by Crippen LogP contribution is -2.04. The van der Waals surface area contributed by atoms with E-state index in [0.717, 1.165) is 16.8 Å². The van der Waals surface area contributed by atoms with E-state index in [0.29, 0.717) is 51.3 Å². The van der Waals surface area contributed by atoms with Crippen LogP contribution in [0.5, 0.6) is 11.5 Å². The van der Waals surface area contributed by atoms with Gasteiger partial charge in [0.15, 0.2) is 11.5 Å². The van der Waals surface area contributed by atoms with Crippen molar-refractivity contribution in [3.8, 4) is 11.5 Å². The average Bonchev–Trinajstić information content (AvgIpc) is 2.70. The highest BCUT2D eigenvalue weighted by Crippen LogP contribution is 2.35. The zero-order valence-corrected chi connectivity index (χ0v) is 18.7. The maximum Gasteiger partial charge on any atom is 0.163 e. The van der Waals surface area contributed by atoms with Crippen LogP contribution in [0.1, 0.15) is 18.1 Å². The fraction of sp³-hybridized carbons (Fsp3) is 0.182. The highest BCUT2D eigenvalue weighted by Gasteiger charge is 2.12. The predicted octanol–water partition coefficient (Wildman–Crippen LogP) is 7.89. The molecule has 29 heavy (non-hydrogen) atoms. The largest absolute Gasteiger partial charge is 0.490 e. The van der Waals surface area contributed by atoms with Crippen LogP contribution in [-0.4, -0.2) is 6.61 Å². The summed E-state index contributed by atoms with van der Waals surface area (Å²) in [5.74, 6) is 1.20. The van der Waals surface area contributed by atoms with Crippen LogP contribution in [0.4, 0.5) is 5.69 Å². The molecule has 0 aliphatic carbocycles. The number of hydrogen-bond donors (Lipinski definition) is 1. The summed E-state index contributed by atoms with van der Waals surface area (Å²) in [7, 11) is 0. The Bertz CT molecular complexity index is 977. The van der Waals surface area contributed by atoms with E-state index in [1.54, 1.807) is 24.3 Å². The third kappa shape index (κ3) is 6.10. The first-order valence-corrected chi connectivity index (χ1v) is 10.5. The molecule has 7 heteroatoms. The fourth-order valence-corrected chi connectivity index (χ4v) is 3.36. The Morgan fingerprint density at radius 3 is 2.17 bits per heavy atom. The Morgan fingerprint density at radius 2 is 1.45 bits per heavy atom. The minimum atomic E-state index is 0.378. The second-order valence-corrected chi connectivity index (χ2v) is 7.90. The van der Waals surface area contributed by atoms with Gasteiger partial charge in [-0.1, -0.05) is 58.5 Å². The Morgan fingerprint density at radius 1 is 0.759 bits per heavy atom. The maximum atomic E-state index is 6.49. The molecule has 0 bridgehead atoms. The first kappa shape index (κ1) is 21.9. The standard InChI is InChI=1S/C22H19Cl4NO2/c1-2-28-21-9-15(12-27-20-10-17(24)7-8-18(20)25)19(26)11-22(21)29-13-14-3-5-16(23)6-4-14/h3-11,27H,2,12-13H2,1H3. The number of halogens is 4. The third-order valence-electron chi connectivity index (χ3n) is 4.12. The molecule has 3 rings (SSSR count). The molecule has 0 aromatic heterocycles. The Kier molecular flexibility index (Phi) is 7.79. The van der Waals surface area contributed by atoms with Gasteiger partial charge in [0.1, 0.15) is 6.61 Å². The van der Waals surface area contributed by atoms with E-state index < -0.39 is 0 Å². The van der Waals surface area contributed by atoms with Crippen LogP contribution in [0.2, 0.25) is 20.1 Å². The van der Waals surface area contributed by atoms with Gasteiger partial charge in [0.2, 0.25) is 0 Å². The summed E-state index contributed by atoms with van der Waals surface area (Å²) in [6.45, 7) is 3.26. The molecule has 0 aliphatic heterocycles. The lowest BCUT2D eigenvalue weighted by atomic mass is 10.2. The van der Waals surface area contributed by atoms with Crippen LogP contribution in [0.25, 0.3) is 0 Å². The second kappa shape index (κ2) is 10.3. The van der Waals surface area contributed by atoms with Crippen molar-refractivity contribution in [2.75, 3.05) is 11.9 Å². The molecule has 0 amide bonds. The zero-order chi connectivity index (χ0) is 20.8.